The molecule has 0 radical (unpaired) electrons. The Kier molecular flexibility index (Phi) is 3.99. The third-order valence-electron chi connectivity index (χ3n) is 2.14. The summed E-state index contributed by atoms with van der Waals surface area (Å²) < 4.78 is 25.8. The van der Waals surface area contributed by atoms with E-state index in [4.69, 9.17) is 0 Å². The zero-order chi connectivity index (χ0) is 13.1. The average Bonchev–Trinajstić information content (AvgIpc) is 2.19. The first kappa shape index (κ1) is 13.4. The van der Waals surface area contributed by atoms with Crippen molar-refractivity contribution < 1.29 is 13.6 Å². The van der Waals surface area contributed by atoms with Crippen LogP contribution < -0.4 is 5.32 Å². The lowest BCUT2D eigenvalue weighted by Gasteiger charge is -2.13. The van der Waals surface area contributed by atoms with Crippen molar-refractivity contribution in [2.75, 3.05) is 5.32 Å². The highest BCUT2D eigenvalue weighted by Gasteiger charge is 2.17. The van der Waals surface area contributed by atoms with Gasteiger partial charge in [-0.3, -0.25) is 4.79 Å². The van der Waals surface area contributed by atoms with Crippen molar-refractivity contribution in [2.24, 2.45) is 5.41 Å². The van der Waals surface area contributed by atoms with Crippen LogP contribution in [0.5, 0.6) is 0 Å². The van der Waals surface area contributed by atoms with Crippen molar-refractivity contribution in [1.82, 2.24) is 0 Å². The molecule has 1 aromatic rings. The molecule has 17 heavy (non-hydrogen) atoms. The van der Waals surface area contributed by atoms with Crippen molar-refractivity contribution in [3.63, 3.8) is 0 Å². The maximum atomic E-state index is 13.2. The molecule has 92 valence electrons. The second kappa shape index (κ2) is 5.08. The smallest absolute Gasteiger partial charge is 0.162 e. The van der Waals surface area contributed by atoms with E-state index in [9.17, 15) is 13.6 Å². The number of carbonyl (C=O) groups excluding carboxylic acids is 1. The number of hydrogen-bond donors (Lipinski definition) is 1. The molecular formula is C13H15F2NO. The van der Waals surface area contributed by atoms with Gasteiger partial charge in [0.15, 0.2) is 5.78 Å². The summed E-state index contributed by atoms with van der Waals surface area (Å²) in [5.74, 6) is -1.41. The maximum Gasteiger partial charge on any atom is 0.162 e. The van der Waals surface area contributed by atoms with Gasteiger partial charge in [0, 0.05) is 17.7 Å². The molecule has 0 aromatic heterocycles. The summed E-state index contributed by atoms with van der Waals surface area (Å²) in [4.78, 5) is 11.5. The third-order valence-corrected chi connectivity index (χ3v) is 2.14. The Bertz CT molecular complexity index is 447. The minimum Gasteiger partial charge on any atom is -0.359 e. The molecule has 1 N–H and O–H groups in total. The molecule has 0 atom stereocenters. The summed E-state index contributed by atoms with van der Waals surface area (Å²) in [6, 6.07) is 3.20. The second-order valence-electron chi connectivity index (χ2n) is 4.72. The lowest BCUT2D eigenvalue weighted by atomic mass is 9.91. The van der Waals surface area contributed by atoms with Crippen LogP contribution in [0.15, 0.2) is 30.5 Å². The molecular weight excluding hydrogens is 224 g/mol. The fourth-order valence-electron chi connectivity index (χ4n) is 1.06. The molecule has 0 saturated heterocycles. The largest absolute Gasteiger partial charge is 0.359 e. The highest BCUT2D eigenvalue weighted by Crippen LogP contribution is 2.17. The fraction of sp³-hybridized carbons (Fsp3) is 0.308. The van der Waals surface area contributed by atoms with E-state index in [1.165, 1.54) is 18.3 Å². The van der Waals surface area contributed by atoms with Gasteiger partial charge in [0.2, 0.25) is 0 Å². The number of carbonyl (C=O) groups is 1. The summed E-state index contributed by atoms with van der Waals surface area (Å²) in [7, 11) is 0. The van der Waals surface area contributed by atoms with Gasteiger partial charge < -0.3 is 5.32 Å². The van der Waals surface area contributed by atoms with Gasteiger partial charge in [-0.2, -0.15) is 0 Å². The number of hydrogen-bond acceptors (Lipinski definition) is 2. The Hall–Kier alpha value is -1.71. The van der Waals surface area contributed by atoms with E-state index in [1.807, 2.05) is 0 Å². The first-order valence-electron chi connectivity index (χ1n) is 5.23. The van der Waals surface area contributed by atoms with Gasteiger partial charge in [0.1, 0.15) is 11.6 Å². The number of nitrogens with one attached hydrogen (secondary N) is 1. The SMILES string of the molecule is CC(C)(C)C(=O)C=CNc1ccc(F)cc1F. The van der Waals surface area contributed by atoms with Crippen molar-refractivity contribution in [3.05, 3.63) is 42.1 Å². The molecule has 0 bridgehead atoms. The molecule has 0 saturated carbocycles. The summed E-state index contributed by atoms with van der Waals surface area (Å²) >= 11 is 0. The van der Waals surface area contributed by atoms with Gasteiger partial charge in [0.25, 0.3) is 0 Å². The molecule has 0 heterocycles. The average molecular weight is 239 g/mol. The minimum absolute atomic E-state index is 0.0764. The second-order valence-corrected chi connectivity index (χ2v) is 4.72. The van der Waals surface area contributed by atoms with Gasteiger partial charge in [-0.1, -0.05) is 20.8 Å². The molecule has 0 unspecified atom stereocenters. The first-order chi connectivity index (χ1) is 7.80. The number of benzene rings is 1. The monoisotopic (exact) mass is 239 g/mol. The van der Waals surface area contributed by atoms with Crippen molar-refractivity contribution >= 4 is 11.5 Å². The Morgan fingerprint density at radius 3 is 2.47 bits per heavy atom. The molecule has 4 heteroatoms. The van der Waals surface area contributed by atoms with Gasteiger partial charge in [-0.25, -0.2) is 8.78 Å². The van der Waals surface area contributed by atoms with Crippen LogP contribution >= 0.6 is 0 Å². The molecule has 0 aliphatic carbocycles. The lowest BCUT2D eigenvalue weighted by molar-refractivity contribution is -0.121. The normalized spacial score (nSPS) is 11.8. The number of allylic oxidation sites excluding steroid dienone is 1. The van der Waals surface area contributed by atoms with E-state index in [0.29, 0.717) is 0 Å². The Labute approximate surface area is 99.3 Å². The van der Waals surface area contributed by atoms with Crippen LogP contribution in [-0.4, -0.2) is 5.78 Å². The molecule has 0 amide bonds. The topological polar surface area (TPSA) is 29.1 Å². The number of halogens is 2. The van der Waals surface area contributed by atoms with E-state index in [-0.39, 0.29) is 11.5 Å². The van der Waals surface area contributed by atoms with Crippen molar-refractivity contribution in [2.45, 2.75) is 20.8 Å². The molecule has 2 nitrogen and oxygen atoms in total. The van der Waals surface area contributed by atoms with Crippen LogP contribution in [0.2, 0.25) is 0 Å². The number of rotatable bonds is 3. The zero-order valence-corrected chi connectivity index (χ0v) is 10.1. The lowest BCUT2D eigenvalue weighted by Crippen LogP contribution is -2.17. The Morgan fingerprint density at radius 2 is 1.94 bits per heavy atom. The number of ketones is 1. The fourth-order valence-corrected chi connectivity index (χ4v) is 1.06. The Balaban J connectivity index is 2.68. The van der Waals surface area contributed by atoms with Crippen molar-refractivity contribution in [1.29, 1.82) is 0 Å². The number of anilines is 1. The maximum absolute atomic E-state index is 13.2. The summed E-state index contributed by atoms with van der Waals surface area (Å²) in [6.45, 7) is 5.37. The van der Waals surface area contributed by atoms with E-state index >= 15 is 0 Å². The minimum atomic E-state index is -0.696. The first-order valence-corrected chi connectivity index (χ1v) is 5.23. The molecule has 1 rings (SSSR count). The van der Waals surface area contributed by atoms with E-state index in [1.54, 1.807) is 20.8 Å². The van der Waals surface area contributed by atoms with Crippen LogP contribution in [0.1, 0.15) is 20.8 Å². The third kappa shape index (κ3) is 3.98. The van der Waals surface area contributed by atoms with Gasteiger partial charge in [0.05, 0.1) is 5.69 Å². The molecule has 0 aliphatic rings. The van der Waals surface area contributed by atoms with E-state index in [0.717, 1.165) is 12.1 Å². The van der Waals surface area contributed by atoms with E-state index < -0.39 is 17.0 Å². The quantitative estimate of drug-likeness (QED) is 0.818. The summed E-state index contributed by atoms with van der Waals surface area (Å²) in [5.41, 5.74) is -0.344. The molecule has 0 spiro atoms. The highest BCUT2D eigenvalue weighted by molar-refractivity contribution is 5.94. The van der Waals surface area contributed by atoms with Crippen LogP contribution in [0.4, 0.5) is 14.5 Å². The van der Waals surface area contributed by atoms with E-state index in [2.05, 4.69) is 5.32 Å². The van der Waals surface area contributed by atoms with Gasteiger partial charge >= 0.3 is 0 Å². The van der Waals surface area contributed by atoms with Crippen molar-refractivity contribution in [3.8, 4) is 0 Å². The predicted octanol–water partition coefficient (Wildman–Crippen LogP) is 3.51. The standard InChI is InChI=1S/C13H15F2NO/c1-13(2,3)12(17)6-7-16-11-5-4-9(14)8-10(11)15/h4-8,16H,1-3H3. The molecule has 0 aliphatic heterocycles. The summed E-state index contributed by atoms with van der Waals surface area (Å²) in [5, 5.41) is 2.60. The van der Waals surface area contributed by atoms with Crippen LogP contribution in [0.3, 0.4) is 0 Å². The molecule has 0 fully saturated rings. The van der Waals surface area contributed by atoms with Gasteiger partial charge in [-0.15, -0.1) is 0 Å². The van der Waals surface area contributed by atoms with Crippen LogP contribution in [-0.2, 0) is 4.79 Å². The summed E-state index contributed by atoms with van der Waals surface area (Å²) in [6.07, 6.45) is 2.69. The highest BCUT2D eigenvalue weighted by atomic mass is 19.1. The van der Waals surface area contributed by atoms with Gasteiger partial charge in [-0.05, 0) is 18.2 Å². The predicted molar refractivity (Wildman–Crippen MR) is 63.6 cm³/mol. The molecule has 1 aromatic carbocycles. The Morgan fingerprint density at radius 1 is 1.29 bits per heavy atom. The van der Waals surface area contributed by atoms with Crippen LogP contribution in [0.25, 0.3) is 0 Å². The van der Waals surface area contributed by atoms with Crippen LogP contribution in [0, 0.1) is 17.0 Å². The zero-order valence-electron chi connectivity index (χ0n) is 10.1.